The molecular weight excluding hydrogens is 454 g/mol. The quantitative estimate of drug-likeness (QED) is 0.205. The number of fused-ring (bicyclic) bond motifs is 5. The molecule has 2 heterocycles. The highest BCUT2D eigenvalue weighted by Crippen LogP contribution is 2.60. The van der Waals surface area contributed by atoms with Crippen LogP contribution in [0.2, 0.25) is 0 Å². The minimum atomic E-state index is -0.263. The van der Waals surface area contributed by atoms with Crippen LogP contribution in [-0.4, -0.2) is 11.6 Å². The van der Waals surface area contributed by atoms with Crippen LogP contribution in [0, 0.1) is 0 Å². The third kappa shape index (κ3) is 2.77. The lowest BCUT2D eigenvalue weighted by Gasteiger charge is -2.49. The molecule has 37 heavy (non-hydrogen) atoms. The number of carbonyl (C=O) groups is 2. The summed E-state index contributed by atoms with van der Waals surface area (Å²) >= 11 is 0. The molecule has 0 bridgehead atoms. The van der Waals surface area contributed by atoms with Gasteiger partial charge >= 0.3 is 0 Å². The van der Waals surface area contributed by atoms with E-state index in [1.165, 1.54) is 39.3 Å². The zero-order chi connectivity index (χ0) is 25.7. The molecular formula is C34H27NO2. The molecule has 2 aliphatic heterocycles. The molecule has 1 aliphatic carbocycles. The van der Waals surface area contributed by atoms with Crippen molar-refractivity contribution in [2.45, 2.75) is 38.5 Å². The van der Waals surface area contributed by atoms with Crippen LogP contribution in [0.15, 0.2) is 90.5 Å². The lowest BCUT2D eigenvalue weighted by molar-refractivity contribution is 0.0990. The molecule has 180 valence electrons. The van der Waals surface area contributed by atoms with Crippen molar-refractivity contribution in [2.75, 3.05) is 4.90 Å². The van der Waals surface area contributed by atoms with Crippen LogP contribution in [0.4, 0.5) is 17.1 Å². The van der Waals surface area contributed by atoms with Gasteiger partial charge in [-0.3, -0.25) is 9.59 Å². The summed E-state index contributed by atoms with van der Waals surface area (Å²) in [5.41, 5.74) is 10.1. The van der Waals surface area contributed by atoms with Crippen LogP contribution in [0.1, 0.15) is 76.2 Å². The van der Waals surface area contributed by atoms with Gasteiger partial charge in [0.15, 0.2) is 11.6 Å². The second kappa shape index (κ2) is 7.17. The van der Waals surface area contributed by atoms with Crippen molar-refractivity contribution in [1.29, 1.82) is 0 Å². The lowest BCUT2D eigenvalue weighted by atomic mass is 9.66. The fraction of sp³-hybridized carbons (Fsp3) is 0.176. The monoisotopic (exact) mass is 481 g/mol. The van der Waals surface area contributed by atoms with Gasteiger partial charge in [-0.25, -0.2) is 0 Å². The van der Waals surface area contributed by atoms with E-state index in [4.69, 9.17) is 0 Å². The predicted molar refractivity (Wildman–Crippen MR) is 148 cm³/mol. The number of hydrogen-bond donors (Lipinski definition) is 0. The Labute approximate surface area is 217 Å². The molecule has 4 aromatic rings. The van der Waals surface area contributed by atoms with Gasteiger partial charge in [-0.15, -0.1) is 0 Å². The SMILES string of the molecule is CC1(C)c2ccccc2N2c3ccccc3C(C)(C)c3cc(C=C4C(=O)c5ccccc5C4=O)cc1c32. The van der Waals surface area contributed by atoms with Crippen molar-refractivity contribution in [3.8, 4) is 0 Å². The first-order valence-electron chi connectivity index (χ1n) is 12.8. The summed E-state index contributed by atoms with van der Waals surface area (Å²) in [6, 6.07) is 28.7. The first kappa shape index (κ1) is 22.0. The van der Waals surface area contributed by atoms with Crippen LogP contribution in [0.25, 0.3) is 6.08 Å². The Hall–Kier alpha value is -4.24. The molecule has 0 aromatic heterocycles. The van der Waals surface area contributed by atoms with Crippen LogP contribution >= 0.6 is 0 Å². The van der Waals surface area contributed by atoms with Gasteiger partial charge in [0, 0.05) is 22.0 Å². The van der Waals surface area contributed by atoms with E-state index in [-0.39, 0.29) is 28.0 Å². The van der Waals surface area contributed by atoms with Crippen molar-refractivity contribution in [1.82, 2.24) is 0 Å². The maximum absolute atomic E-state index is 13.2. The van der Waals surface area contributed by atoms with Gasteiger partial charge in [-0.1, -0.05) is 88.4 Å². The largest absolute Gasteiger partial charge is 0.309 e. The number of para-hydroxylation sites is 2. The fourth-order valence-electron chi connectivity index (χ4n) is 6.56. The maximum Gasteiger partial charge on any atom is 0.197 e. The number of ketones is 2. The summed E-state index contributed by atoms with van der Waals surface area (Å²) in [7, 11) is 0. The van der Waals surface area contributed by atoms with E-state index in [9.17, 15) is 9.59 Å². The first-order valence-corrected chi connectivity index (χ1v) is 12.8. The normalized spacial score (nSPS) is 17.6. The maximum atomic E-state index is 13.2. The predicted octanol–water partition coefficient (Wildman–Crippen LogP) is 7.90. The summed E-state index contributed by atoms with van der Waals surface area (Å²) in [6.45, 7) is 9.08. The molecule has 0 fully saturated rings. The average Bonchev–Trinajstić information content (AvgIpc) is 3.13. The smallest absolute Gasteiger partial charge is 0.197 e. The van der Waals surface area contributed by atoms with E-state index in [0.717, 1.165) is 5.56 Å². The standard InChI is InChI=1S/C34H27NO2/c1-33(2)24-13-7-9-15-28(24)35-29-16-10-8-14-25(29)34(3,4)27-19-20(18-26(33)30(27)35)17-23-31(36)21-11-5-6-12-22(21)32(23)37/h5-19H,1-4H3. The fourth-order valence-corrected chi connectivity index (χ4v) is 6.56. The Bertz CT molecular complexity index is 1600. The van der Waals surface area contributed by atoms with Gasteiger partial charge in [-0.2, -0.15) is 0 Å². The van der Waals surface area contributed by atoms with Crippen molar-refractivity contribution in [3.05, 3.63) is 129 Å². The number of nitrogens with zero attached hydrogens (tertiary/aromatic N) is 1. The summed E-state index contributed by atoms with van der Waals surface area (Å²) in [6.07, 6.45) is 1.80. The van der Waals surface area contributed by atoms with Crippen LogP contribution in [0.3, 0.4) is 0 Å². The number of carbonyl (C=O) groups excluding carboxylic acids is 2. The third-order valence-electron chi connectivity index (χ3n) is 8.56. The highest BCUT2D eigenvalue weighted by atomic mass is 16.2. The minimum Gasteiger partial charge on any atom is -0.309 e. The summed E-state index contributed by atoms with van der Waals surface area (Å²) < 4.78 is 0. The highest BCUT2D eigenvalue weighted by Gasteiger charge is 2.45. The van der Waals surface area contributed by atoms with Crippen molar-refractivity contribution in [3.63, 3.8) is 0 Å². The number of allylic oxidation sites excluding steroid dienone is 1. The molecule has 0 saturated heterocycles. The number of benzene rings is 4. The highest BCUT2D eigenvalue weighted by molar-refractivity contribution is 6.41. The summed E-state index contributed by atoms with van der Waals surface area (Å²) in [4.78, 5) is 28.8. The van der Waals surface area contributed by atoms with Gasteiger partial charge in [0.2, 0.25) is 0 Å². The zero-order valence-corrected chi connectivity index (χ0v) is 21.4. The molecule has 3 heteroatoms. The van der Waals surface area contributed by atoms with E-state index < -0.39 is 0 Å². The van der Waals surface area contributed by atoms with E-state index in [1.807, 2.05) is 12.1 Å². The topological polar surface area (TPSA) is 37.4 Å². The van der Waals surface area contributed by atoms with Gasteiger partial charge in [-0.05, 0) is 58.2 Å². The van der Waals surface area contributed by atoms with E-state index in [0.29, 0.717) is 11.1 Å². The lowest BCUT2D eigenvalue weighted by Crippen LogP contribution is -2.38. The van der Waals surface area contributed by atoms with Crippen LogP contribution < -0.4 is 4.90 Å². The molecule has 3 nitrogen and oxygen atoms in total. The minimum absolute atomic E-state index is 0.192. The van der Waals surface area contributed by atoms with Crippen LogP contribution in [-0.2, 0) is 10.8 Å². The van der Waals surface area contributed by atoms with Gasteiger partial charge in [0.05, 0.1) is 22.6 Å². The Morgan fingerprint density at radius 3 is 1.51 bits per heavy atom. The molecule has 0 atom stereocenters. The molecule has 0 saturated carbocycles. The van der Waals surface area contributed by atoms with Gasteiger partial charge in [0.1, 0.15) is 0 Å². The third-order valence-corrected chi connectivity index (χ3v) is 8.56. The van der Waals surface area contributed by atoms with E-state index in [2.05, 4.69) is 93.3 Å². The summed E-state index contributed by atoms with van der Waals surface area (Å²) in [5.74, 6) is -0.384. The number of anilines is 3. The van der Waals surface area contributed by atoms with Gasteiger partial charge < -0.3 is 4.90 Å². The molecule has 0 amide bonds. The molecule has 4 aromatic carbocycles. The Balaban J connectivity index is 1.52. The van der Waals surface area contributed by atoms with Crippen molar-refractivity contribution >= 4 is 34.7 Å². The first-order chi connectivity index (χ1) is 17.7. The van der Waals surface area contributed by atoms with Crippen molar-refractivity contribution < 1.29 is 9.59 Å². The van der Waals surface area contributed by atoms with Crippen LogP contribution in [0.5, 0.6) is 0 Å². The molecule has 0 N–H and O–H groups in total. The summed E-state index contributed by atoms with van der Waals surface area (Å²) in [5, 5.41) is 0. The number of hydrogen-bond acceptors (Lipinski definition) is 3. The van der Waals surface area contributed by atoms with Crippen molar-refractivity contribution in [2.24, 2.45) is 0 Å². The second-order valence-electron chi connectivity index (χ2n) is 11.3. The molecule has 0 radical (unpaired) electrons. The van der Waals surface area contributed by atoms with E-state index >= 15 is 0 Å². The Kier molecular flexibility index (Phi) is 4.26. The number of rotatable bonds is 1. The molecule has 0 spiro atoms. The van der Waals surface area contributed by atoms with E-state index in [1.54, 1.807) is 18.2 Å². The second-order valence-corrected chi connectivity index (χ2v) is 11.3. The average molecular weight is 482 g/mol. The Morgan fingerprint density at radius 2 is 1.03 bits per heavy atom. The molecule has 0 unspecified atom stereocenters. The molecule has 7 rings (SSSR count). The number of Topliss-reactive ketones (excluding diaryl/α,β-unsaturated/α-hetero) is 2. The molecule has 3 aliphatic rings. The Morgan fingerprint density at radius 1 is 0.595 bits per heavy atom. The van der Waals surface area contributed by atoms with Gasteiger partial charge in [0.25, 0.3) is 0 Å². The zero-order valence-electron chi connectivity index (χ0n) is 21.4.